The molecule has 4 aromatic rings. The Morgan fingerprint density at radius 1 is 0.971 bits per heavy atom. The van der Waals surface area contributed by atoms with E-state index in [0.717, 1.165) is 29.6 Å². The number of amides is 1. The summed E-state index contributed by atoms with van der Waals surface area (Å²) in [6, 6.07) is 28.0. The minimum Gasteiger partial charge on any atom is -0.338 e. The number of hydrogen-bond acceptors (Lipinski definition) is 2. The first-order chi connectivity index (χ1) is 16.5. The third-order valence-corrected chi connectivity index (χ3v) is 6.47. The first-order valence-electron chi connectivity index (χ1n) is 11.9. The molecule has 4 rings (SSSR count). The van der Waals surface area contributed by atoms with Gasteiger partial charge in [0.25, 0.3) is 5.91 Å². The minimum atomic E-state index is -0.117. The van der Waals surface area contributed by atoms with Gasteiger partial charge in [-0.15, -0.1) is 0 Å². The van der Waals surface area contributed by atoms with Crippen LogP contribution in [-0.2, 0) is 6.54 Å². The molecule has 34 heavy (non-hydrogen) atoms. The van der Waals surface area contributed by atoms with E-state index in [9.17, 15) is 4.79 Å². The molecule has 0 aliphatic rings. The van der Waals surface area contributed by atoms with Gasteiger partial charge in [0.05, 0.1) is 6.04 Å². The van der Waals surface area contributed by atoms with Gasteiger partial charge in [0, 0.05) is 40.3 Å². The highest BCUT2D eigenvalue weighted by Gasteiger charge is 2.31. The van der Waals surface area contributed by atoms with Gasteiger partial charge in [-0.2, -0.15) is 0 Å². The summed E-state index contributed by atoms with van der Waals surface area (Å²) in [5, 5.41) is 1.78. The zero-order valence-corrected chi connectivity index (χ0v) is 20.6. The van der Waals surface area contributed by atoms with E-state index in [4.69, 9.17) is 17.3 Å². The van der Waals surface area contributed by atoms with Crippen LogP contribution in [0.4, 0.5) is 0 Å². The van der Waals surface area contributed by atoms with Gasteiger partial charge < -0.3 is 15.2 Å². The van der Waals surface area contributed by atoms with E-state index in [1.807, 2.05) is 53.4 Å². The quantitative estimate of drug-likeness (QED) is 0.300. The molecule has 0 saturated heterocycles. The van der Waals surface area contributed by atoms with Crippen LogP contribution in [0, 0.1) is 5.92 Å². The van der Waals surface area contributed by atoms with Gasteiger partial charge in [-0.3, -0.25) is 4.79 Å². The van der Waals surface area contributed by atoms with E-state index in [0.29, 0.717) is 23.7 Å². The molecule has 0 aliphatic heterocycles. The fourth-order valence-electron chi connectivity index (χ4n) is 4.69. The van der Waals surface area contributed by atoms with Crippen LogP contribution in [0.3, 0.4) is 0 Å². The summed E-state index contributed by atoms with van der Waals surface area (Å²) in [6.07, 6.45) is 0.743. The monoisotopic (exact) mass is 473 g/mol. The number of halogens is 1. The average molecular weight is 474 g/mol. The van der Waals surface area contributed by atoms with Crippen LogP contribution in [0.15, 0.2) is 84.9 Å². The average Bonchev–Trinajstić information content (AvgIpc) is 3.18. The molecule has 0 radical (unpaired) electrons. The molecular formula is C29H32ClN3O. The number of carbonyl (C=O) groups is 1. The summed E-state index contributed by atoms with van der Waals surface area (Å²) in [6.45, 7) is 6.20. The highest BCUT2D eigenvalue weighted by molar-refractivity contribution is 6.31. The van der Waals surface area contributed by atoms with Gasteiger partial charge in [-0.25, -0.2) is 0 Å². The van der Waals surface area contributed by atoms with E-state index in [-0.39, 0.29) is 17.9 Å². The summed E-state index contributed by atoms with van der Waals surface area (Å²) < 4.78 is 2.33. The Labute approximate surface area is 206 Å². The second-order valence-corrected chi connectivity index (χ2v) is 9.48. The van der Waals surface area contributed by atoms with E-state index in [1.165, 1.54) is 5.56 Å². The number of aromatic nitrogens is 1. The summed E-state index contributed by atoms with van der Waals surface area (Å²) in [4.78, 5) is 15.8. The number of hydrogen-bond donors (Lipinski definition) is 1. The van der Waals surface area contributed by atoms with E-state index >= 15 is 0 Å². The molecule has 1 aromatic heterocycles. The fraction of sp³-hybridized carbons (Fsp3) is 0.276. The van der Waals surface area contributed by atoms with Crippen molar-refractivity contribution in [2.24, 2.45) is 11.7 Å². The highest BCUT2D eigenvalue weighted by atomic mass is 35.5. The highest BCUT2D eigenvalue weighted by Crippen LogP contribution is 2.35. The Morgan fingerprint density at radius 3 is 2.29 bits per heavy atom. The lowest BCUT2D eigenvalue weighted by molar-refractivity contribution is 0.0611. The van der Waals surface area contributed by atoms with Gasteiger partial charge in [-0.05, 0) is 60.8 Å². The molecule has 1 atom stereocenters. The maximum atomic E-state index is 13.8. The predicted octanol–water partition coefficient (Wildman–Crippen LogP) is 6.53. The molecule has 1 amide bonds. The number of fused-ring (bicyclic) bond motifs is 1. The molecule has 176 valence electrons. The van der Waals surface area contributed by atoms with Gasteiger partial charge in [0.1, 0.15) is 0 Å². The topological polar surface area (TPSA) is 51.3 Å². The van der Waals surface area contributed by atoms with E-state index < -0.39 is 0 Å². The number of nitrogens with zero attached hydrogens (tertiary/aromatic N) is 2. The predicted molar refractivity (Wildman–Crippen MR) is 141 cm³/mol. The van der Waals surface area contributed by atoms with Crippen molar-refractivity contribution < 1.29 is 4.79 Å². The summed E-state index contributed by atoms with van der Waals surface area (Å²) >= 11 is 6.36. The van der Waals surface area contributed by atoms with Crippen molar-refractivity contribution in [1.29, 1.82) is 0 Å². The van der Waals surface area contributed by atoms with Gasteiger partial charge in [0.2, 0.25) is 0 Å². The first-order valence-corrected chi connectivity index (χ1v) is 12.3. The van der Waals surface area contributed by atoms with E-state index in [1.54, 1.807) is 0 Å². The first kappa shape index (κ1) is 24.1. The number of nitrogens with two attached hydrogens (primary N) is 1. The molecule has 3 aromatic carbocycles. The molecule has 0 aliphatic carbocycles. The van der Waals surface area contributed by atoms with Gasteiger partial charge >= 0.3 is 0 Å². The molecule has 5 heteroatoms. The lowest BCUT2D eigenvalue weighted by Crippen LogP contribution is -2.39. The normalized spacial score (nSPS) is 12.3. The second-order valence-electron chi connectivity index (χ2n) is 9.04. The van der Waals surface area contributed by atoms with Crippen molar-refractivity contribution in [2.45, 2.75) is 32.9 Å². The summed E-state index contributed by atoms with van der Waals surface area (Å²) in [5.74, 6) is 0.224. The second kappa shape index (κ2) is 10.9. The van der Waals surface area contributed by atoms with Gasteiger partial charge in [0.15, 0.2) is 0 Å². The van der Waals surface area contributed by atoms with Crippen molar-refractivity contribution in [2.75, 3.05) is 13.1 Å². The smallest absolute Gasteiger partial charge is 0.254 e. The maximum absolute atomic E-state index is 13.8. The van der Waals surface area contributed by atoms with Crippen LogP contribution >= 0.6 is 11.6 Å². The van der Waals surface area contributed by atoms with Crippen molar-refractivity contribution in [1.82, 2.24) is 9.47 Å². The van der Waals surface area contributed by atoms with Crippen molar-refractivity contribution in [3.63, 3.8) is 0 Å². The van der Waals surface area contributed by atoms with Crippen molar-refractivity contribution in [3.05, 3.63) is 107 Å². The lowest BCUT2D eigenvalue weighted by atomic mass is 9.97. The largest absolute Gasteiger partial charge is 0.338 e. The van der Waals surface area contributed by atoms with Crippen LogP contribution in [0.5, 0.6) is 0 Å². The third kappa shape index (κ3) is 5.19. The number of carbonyl (C=O) groups excluding carboxylic acids is 1. The van der Waals surface area contributed by atoms with Crippen LogP contribution in [0.2, 0.25) is 5.02 Å². The van der Waals surface area contributed by atoms with Gasteiger partial charge in [-0.1, -0.05) is 74.0 Å². The summed E-state index contributed by atoms with van der Waals surface area (Å²) in [7, 11) is 0. The molecule has 2 N–H and O–H groups in total. The Kier molecular flexibility index (Phi) is 7.71. The molecule has 1 heterocycles. The van der Waals surface area contributed by atoms with Crippen LogP contribution in [0.1, 0.15) is 47.9 Å². The Bertz CT molecular complexity index is 1230. The Balaban J connectivity index is 1.86. The van der Waals surface area contributed by atoms with Crippen LogP contribution in [0.25, 0.3) is 10.9 Å². The molecule has 0 saturated carbocycles. The fourth-order valence-corrected chi connectivity index (χ4v) is 4.87. The van der Waals surface area contributed by atoms with Crippen molar-refractivity contribution >= 4 is 28.4 Å². The standard InChI is InChI=1S/C29H32ClN3O/c1-21(2)28(32(17-9-16-31)29(34)23-12-7-4-8-13-23)27-19-24-18-25(30)14-15-26(24)33(27)20-22-10-5-3-6-11-22/h3-8,10-15,18-19,21,28H,9,16-17,20,31H2,1-2H3/t28-/m1/s1. The molecule has 4 nitrogen and oxygen atoms in total. The van der Waals surface area contributed by atoms with Crippen molar-refractivity contribution in [3.8, 4) is 0 Å². The maximum Gasteiger partial charge on any atom is 0.254 e. The van der Waals surface area contributed by atoms with E-state index in [2.05, 4.69) is 54.8 Å². The lowest BCUT2D eigenvalue weighted by Gasteiger charge is -2.35. The molecule has 0 unspecified atom stereocenters. The molecule has 0 bridgehead atoms. The minimum absolute atomic E-state index is 0.0299. The zero-order valence-electron chi connectivity index (χ0n) is 19.8. The SMILES string of the molecule is CC(C)[C@H](c1cc2cc(Cl)ccc2n1Cc1ccccc1)N(CCCN)C(=O)c1ccccc1. The number of rotatable bonds is 9. The van der Waals surface area contributed by atoms with Crippen LogP contribution < -0.4 is 5.73 Å². The van der Waals surface area contributed by atoms with Crippen LogP contribution in [-0.4, -0.2) is 28.5 Å². The Hall–Kier alpha value is -3.08. The number of benzene rings is 3. The Morgan fingerprint density at radius 2 is 1.65 bits per heavy atom. The molecule has 0 spiro atoms. The zero-order chi connectivity index (χ0) is 24.1. The molecular weight excluding hydrogens is 442 g/mol. The summed E-state index contributed by atoms with van der Waals surface area (Å²) in [5.41, 5.74) is 10.0. The molecule has 0 fully saturated rings. The third-order valence-electron chi connectivity index (χ3n) is 6.23.